The highest BCUT2D eigenvalue weighted by Crippen LogP contribution is 2.11. The minimum absolute atomic E-state index is 0.266. The van der Waals surface area contributed by atoms with Gasteiger partial charge in [-0.2, -0.15) is 0 Å². The summed E-state index contributed by atoms with van der Waals surface area (Å²) >= 11 is 0. The molecule has 0 fully saturated rings. The monoisotopic (exact) mass is 207 g/mol. The van der Waals surface area contributed by atoms with Gasteiger partial charge in [0.2, 0.25) is 0 Å². The second-order valence-electron chi connectivity index (χ2n) is 4.10. The Morgan fingerprint density at radius 2 is 1.86 bits per heavy atom. The van der Waals surface area contributed by atoms with E-state index in [1.165, 1.54) is 6.07 Å². The summed E-state index contributed by atoms with van der Waals surface area (Å²) in [5.41, 5.74) is 3.55. The highest BCUT2D eigenvalue weighted by molar-refractivity contribution is 6.83. The molecule has 0 unspecified atom stereocenters. The summed E-state index contributed by atoms with van der Waals surface area (Å²) in [5.74, 6) is -0.266. The maximum atomic E-state index is 13.1. The third-order valence-electron chi connectivity index (χ3n) is 1.51. The molecule has 0 bridgehead atoms. The lowest BCUT2D eigenvalue weighted by atomic mass is 10.3. The zero-order valence-corrected chi connectivity index (χ0v) is 9.69. The normalized spacial score (nSPS) is 10.3. The van der Waals surface area contributed by atoms with Gasteiger partial charge < -0.3 is 5.32 Å². The Hall–Kier alpha value is -1.27. The van der Waals surface area contributed by atoms with Crippen molar-refractivity contribution in [3.8, 4) is 11.6 Å². The third-order valence-corrected chi connectivity index (χ3v) is 2.38. The molecule has 1 N–H and O–H groups in total. The Morgan fingerprint density at radius 3 is 2.43 bits per heavy atom. The molecule has 0 saturated heterocycles. The van der Waals surface area contributed by atoms with E-state index in [1.54, 1.807) is 18.2 Å². The first-order valence-electron chi connectivity index (χ1n) is 4.52. The van der Waals surface area contributed by atoms with Crippen molar-refractivity contribution in [1.82, 2.24) is 0 Å². The highest BCUT2D eigenvalue weighted by Gasteiger charge is 2.07. The lowest BCUT2D eigenvalue weighted by Gasteiger charge is -2.04. The number of para-hydroxylation sites is 1. The molecule has 0 heterocycles. The van der Waals surface area contributed by atoms with Crippen LogP contribution in [0.15, 0.2) is 24.3 Å². The minimum atomic E-state index is -1.37. The molecule has 0 amide bonds. The number of nitrogens with one attached hydrogen (secondary N) is 1. The van der Waals surface area contributed by atoms with Gasteiger partial charge in [0.1, 0.15) is 13.9 Å². The summed E-state index contributed by atoms with van der Waals surface area (Å²) in [7, 11) is -1.37. The molecule has 0 spiro atoms. The molecule has 0 saturated carbocycles. The Bertz CT molecular complexity index is 371. The summed E-state index contributed by atoms with van der Waals surface area (Å²) in [6.07, 6.45) is 0. The molecule has 1 nitrogen and oxygen atoms in total. The number of halogens is 1. The molecule has 0 radical (unpaired) electrons. The van der Waals surface area contributed by atoms with Crippen molar-refractivity contribution in [1.29, 1.82) is 0 Å². The molecule has 0 aliphatic carbocycles. The number of benzene rings is 1. The standard InChI is InChI=1S/C11H14FNSi/c1-14(2,3)9-8-13-11-7-5-4-6-10(11)12/h4-7,13H,1-3H3. The predicted octanol–water partition coefficient (Wildman–Crippen LogP) is 3.08. The second kappa shape index (κ2) is 4.29. The lowest BCUT2D eigenvalue weighted by molar-refractivity contribution is 0.632. The van der Waals surface area contributed by atoms with Crippen LogP contribution in [0.4, 0.5) is 10.1 Å². The van der Waals surface area contributed by atoms with Crippen LogP contribution < -0.4 is 5.32 Å². The number of rotatable bonds is 1. The number of hydrogen-bond donors (Lipinski definition) is 1. The average molecular weight is 207 g/mol. The predicted molar refractivity (Wildman–Crippen MR) is 61.1 cm³/mol. The van der Waals surface area contributed by atoms with Crippen molar-refractivity contribution in [2.75, 3.05) is 5.32 Å². The third kappa shape index (κ3) is 3.63. The fraction of sp³-hybridized carbons (Fsp3) is 0.273. The van der Waals surface area contributed by atoms with Gasteiger partial charge in [0, 0.05) is 6.04 Å². The first-order valence-corrected chi connectivity index (χ1v) is 8.02. The van der Waals surface area contributed by atoms with Gasteiger partial charge in [0.25, 0.3) is 0 Å². The molecule has 1 rings (SSSR count). The van der Waals surface area contributed by atoms with E-state index < -0.39 is 8.07 Å². The van der Waals surface area contributed by atoms with Gasteiger partial charge in [-0.05, 0) is 12.1 Å². The summed E-state index contributed by atoms with van der Waals surface area (Å²) in [5, 5.41) is 2.77. The van der Waals surface area contributed by atoms with E-state index >= 15 is 0 Å². The molecule has 0 aliphatic rings. The molecule has 1 aromatic rings. The molecule has 14 heavy (non-hydrogen) atoms. The van der Waals surface area contributed by atoms with E-state index in [0.29, 0.717) is 5.69 Å². The molecular weight excluding hydrogens is 193 g/mol. The Labute approximate surface area is 85.4 Å². The maximum Gasteiger partial charge on any atom is 0.147 e. The lowest BCUT2D eigenvalue weighted by Crippen LogP contribution is -2.17. The summed E-state index contributed by atoms with van der Waals surface area (Å²) in [4.78, 5) is 0. The van der Waals surface area contributed by atoms with E-state index in [9.17, 15) is 4.39 Å². The second-order valence-corrected chi connectivity index (χ2v) is 8.85. The van der Waals surface area contributed by atoms with Gasteiger partial charge in [-0.15, -0.1) is 5.54 Å². The molecule has 3 heteroatoms. The summed E-state index contributed by atoms with van der Waals surface area (Å²) in [6, 6.07) is 9.33. The van der Waals surface area contributed by atoms with Crippen LogP contribution in [0.1, 0.15) is 0 Å². The van der Waals surface area contributed by atoms with Crippen molar-refractivity contribution in [2.45, 2.75) is 19.6 Å². The van der Waals surface area contributed by atoms with Gasteiger partial charge in [-0.1, -0.05) is 31.8 Å². The van der Waals surface area contributed by atoms with Crippen LogP contribution in [0.5, 0.6) is 0 Å². The van der Waals surface area contributed by atoms with Crippen LogP contribution in [0.3, 0.4) is 0 Å². The van der Waals surface area contributed by atoms with E-state index in [4.69, 9.17) is 0 Å². The number of anilines is 1. The average Bonchev–Trinajstić information content (AvgIpc) is 2.06. The van der Waals surface area contributed by atoms with Crippen molar-refractivity contribution in [3.05, 3.63) is 30.1 Å². The molecular formula is C11H14FNSi. The van der Waals surface area contributed by atoms with Gasteiger partial charge in [-0.25, -0.2) is 4.39 Å². The Morgan fingerprint density at radius 1 is 1.21 bits per heavy atom. The van der Waals surface area contributed by atoms with Crippen LogP contribution in [-0.2, 0) is 0 Å². The fourth-order valence-corrected chi connectivity index (χ4v) is 1.29. The van der Waals surface area contributed by atoms with E-state index in [-0.39, 0.29) is 5.82 Å². The van der Waals surface area contributed by atoms with Crippen molar-refractivity contribution >= 4 is 13.8 Å². The molecule has 74 valence electrons. The van der Waals surface area contributed by atoms with Gasteiger partial charge in [0.05, 0.1) is 5.69 Å². The maximum absolute atomic E-state index is 13.1. The minimum Gasteiger partial charge on any atom is -0.313 e. The SMILES string of the molecule is C[Si](C)(C)C#CNc1ccccc1F. The zero-order chi connectivity index (χ0) is 10.6. The van der Waals surface area contributed by atoms with Crippen LogP contribution in [-0.4, -0.2) is 8.07 Å². The van der Waals surface area contributed by atoms with Gasteiger partial charge in [-0.3, -0.25) is 0 Å². The quantitative estimate of drug-likeness (QED) is 0.424. The largest absolute Gasteiger partial charge is 0.313 e. The molecule has 1 aromatic carbocycles. The molecule has 0 aromatic heterocycles. The van der Waals surface area contributed by atoms with Crippen molar-refractivity contribution in [2.24, 2.45) is 0 Å². The van der Waals surface area contributed by atoms with Crippen LogP contribution in [0, 0.1) is 17.4 Å². The van der Waals surface area contributed by atoms with Crippen molar-refractivity contribution < 1.29 is 4.39 Å². The topological polar surface area (TPSA) is 12.0 Å². The first kappa shape index (κ1) is 10.8. The van der Waals surface area contributed by atoms with Crippen LogP contribution >= 0.6 is 0 Å². The van der Waals surface area contributed by atoms with Gasteiger partial charge in [0.15, 0.2) is 0 Å². The van der Waals surface area contributed by atoms with E-state index in [0.717, 1.165) is 0 Å². The summed E-state index contributed by atoms with van der Waals surface area (Å²) < 4.78 is 13.1. The first-order chi connectivity index (χ1) is 6.49. The molecule has 0 aliphatic heterocycles. The Kier molecular flexibility index (Phi) is 3.31. The van der Waals surface area contributed by atoms with Gasteiger partial charge >= 0.3 is 0 Å². The van der Waals surface area contributed by atoms with E-state index in [2.05, 4.69) is 36.5 Å². The smallest absolute Gasteiger partial charge is 0.147 e. The Balaban J connectivity index is 2.70. The number of hydrogen-bond acceptors (Lipinski definition) is 1. The molecule has 0 atom stereocenters. The van der Waals surface area contributed by atoms with Crippen molar-refractivity contribution in [3.63, 3.8) is 0 Å². The van der Waals surface area contributed by atoms with Crippen LogP contribution in [0.2, 0.25) is 19.6 Å². The van der Waals surface area contributed by atoms with E-state index in [1.807, 2.05) is 0 Å². The highest BCUT2D eigenvalue weighted by atomic mass is 28.3. The van der Waals surface area contributed by atoms with Crippen LogP contribution in [0.25, 0.3) is 0 Å². The fourth-order valence-electron chi connectivity index (χ4n) is 0.849. The summed E-state index contributed by atoms with van der Waals surface area (Å²) in [6.45, 7) is 6.43. The zero-order valence-electron chi connectivity index (χ0n) is 8.69.